The lowest BCUT2D eigenvalue weighted by Crippen LogP contribution is -2.32. The van der Waals surface area contributed by atoms with E-state index in [9.17, 15) is 26.3 Å². The van der Waals surface area contributed by atoms with E-state index in [4.69, 9.17) is 5.73 Å². The summed E-state index contributed by atoms with van der Waals surface area (Å²) in [6, 6.07) is 0. The first kappa shape index (κ1) is 20.9. The van der Waals surface area contributed by atoms with Crippen molar-refractivity contribution >= 4 is 0 Å². The van der Waals surface area contributed by atoms with Crippen molar-refractivity contribution in [2.45, 2.75) is 59.3 Å². The van der Waals surface area contributed by atoms with Crippen LogP contribution in [0.3, 0.4) is 0 Å². The molecule has 0 heterocycles. The highest BCUT2D eigenvalue weighted by atomic mass is 19.4. The van der Waals surface area contributed by atoms with Crippen LogP contribution in [-0.2, 0) is 0 Å². The highest BCUT2D eigenvalue weighted by Crippen LogP contribution is 2.42. The molecule has 2 atom stereocenters. The van der Waals surface area contributed by atoms with E-state index in [2.05, 4.69) is 0 Å². The molecule has 0 amide bonds. The summed E-state index contributed by atoms with van der Waals surface area (Å²) in [7, 11) is 0. The maximum Gasteiger partial charge on any atom is 0.397 e. The highest BCUT2D eigenvalue weighted by Gasteiger charge is 2.47. The van der Waals surface area contributed by atoms with Crippen LogP contribution in [0.5, 0.6) is 0 Å². The van der Waals surface area contributed by atoms with Crippen molar-refractivity contribution in [3.63, 3.8) is 0 Å². The summed E-state index contributed by atoms with van der Waals surface area (Å²) in [6.07, 6.45) is -6.97. The summed E-state index contributed by atoms with van der Waals surface area (Å²) in [5, 5.41) is 0. The van der Waals surface area contributed by atoms with Crippen LogP contribution in [0, 0.1) is 11.3 Å². The Balaban J connectivity index is 5.04. The summed E-state index contributed by atoms with van der Waals surface area (Å²) in [5.74, 6) is -1.59. The Labute approximate surface area is 127 Å². The van der Waals surface area contributed by atoms with E-state index in [0.29, 0.717) is 5.57 Å². The van der Waals surface area contributed by atoms with Crippen molar-refractivity contribution in [3.05, 3.63) is 23.4 Å². The molecule has 0 aliphatic heterocycles. The third kappa shape index (κ3) is 5.93. The molecule has 0 aliphatic carbocycles. The molecule has 0 saturated heterocycles. The van der Waals surface area contributed by atoms with Gasteiger partial charge in [0.25, 0.3) is 0 Å². The van der Waals surface area contributed by atoms with Gasteiger partial charge in [0.2, 0.25) is 0 Å². The number of nitrogens with two attached hydrogens (primary N) is 1. The van der Waals surface area contributed by atoms with Gasteiger partial charge in [-0.2, -0.15) is 26.3 Å². The molecule has 1 nitrogen and oxygen atoms in total. The summed E-state index contributed by atoms with van der Waals surface area (Å²) in [4.78, 5) is 0. The molecule has 2 unspecified atom stereocenters. The van der Waals surface area contributed by atoms with Crippen molar-refractivity contribution in [2.24, 2.45) is 17.1 Å². The fourth-order valence-corrected chi connectivity index (χ4v) is 1.76. The lowest BCUT2D eigenvalue weighted by molar-refractivity contribution is -0.200. The van der Waals surface area contributed by atoms with E-state index in [-0.39, 0.29) is 25.0 Å². The van der Waals surface area contributed by atoms with Crippen LogP contribution in [-0.4, -0.2) is 12.4 Å². The van der Waals surface area contributed by atoms with Gasteiger partial charge in [0.05, 0.1) is 11.3 Å². The van der Waals surface area contributed by atoms with Gasteiger partial charge >= 0.3 is 12.4 Å². The van der Waals surface area contributed by atoms with Gasteiger partial charge in [-0.3, -0.25) is 0 Å². The fourth-order valence-electron chi connectivity index (χ4n) is 1.76. The third-order valence-corrected chi connectivity index (χ3v) is 3.90. The van der Waals surface area contributed by atoms with Gasteiger partial charge in [-0.05, 0) is 38.7 Å². The van der Waals surface area contributed by atoms with Crippen molar-refractivity contribution in [1.29, 1.82) is 0 Å². The van der Waals surface area contributed by atoms with E-state index in [0.717, 1.165) is 19.9 Å². The number of hydrogen-bond donors (Lipinski definition) is 1. The zero-order valence-corrected chi connectivity index (χ0v) is 13.2. The Hall–Kier alpha value is -1.14. The number of hydrogen-bond acceptors (Lipinski definition) is 1. The van der Waals surface area contributed by atoms with E-state index in [1.807, 2.05) is 0 Å². The first-order valence-electron chi connectivity index (χ1n) is 6.99. The van der Waals surface area contributed by atoms with Crippen molar-refractivity contribution < 1.29 is 26.3 Å². The van der Waals surface area contributed by atoms with Crippen LogP contribution >= 0.6 is 0 Å². The molecule has 22 heavy (non-hydrogen) atoms. The normalized spacial score (nSPS) is 19.0. The molecule has 0 spiro atoms. The van der Waals surface area contributed by atoms with Gasteiger partial charge in [0.1, 0.15) is 0 Å². The quantitative estimate of drug-likeness (QED) is 0.488. The third-order valence-electron chi connectivity index (χ3n) is 3.90. The summed E-state index contributed by atoms with van der Waals surface area (Å²) in [5.41, 5.74) is 4.08. The van der Waals surface area contributed by atoms with Crippen molar-refractivity contribution in [3.8, 4) is 0 Å². The second-order valence-corrected chi connectivity index (χ2v) is 5.81. The Bertz CT molecular complexity index is 415. The minimum Gasteiger partial charge on any atom is -0.402 e. The number of allylic oxidation sites excluding steroid dienone is 4. The second-order valence-electron chi connectivity index (χ2n) is 5.81. The maximum atomic E-state index is 12.9. The molecule has 0 aromatic heterocycles. The predicted octanol–water partition coefficient (Wildman–Crippen LogP) is 5.73. The topological polar surface area (TPSA) is 26.0 Å². The second kappa shape index (κ2) is 7.42. The monoisotopic (exact) mass is 331 g/mol. The largest absolute Gasteiger partial charge is 0.402 e. The number of halogens is 6. The number of rotatable bonds is 6. The van der Waals surface area contributed by atoms with Crippen molar-refractivity contribution in [2.75, 3.05) is 0 Å². The molecule has 0 aliphatic rings. The van der Waals surface area contributed by atoms with Gasteiger partial charge in [-0.1, -0.05) is 26.0 Å². The van der Waals surface area contributed by atoms with E-state index in [1.54, 1.807) is 0 Å². The van der Waals surface area contributed by atoms with Crippen LogP contribution in [0.25, 0.3) is 0 Å². The molecule has 0 fully saturated rings. The van der Waals surface area contributed by atoms with Gasteiger partial charge in [0, 0.05) is 5.70 Å². The molecule has 2 N–H and O–H groups in total. The van der Waals surface area contributed by atoms with Crippen LogP contribution in [0.15, 0.2) is 23.4 Å². The minimum atomic E-state index is -4.40. The van der Waals surface area contributed by atoms with Gasteiger partial charge in [-0.25, -0.2) is 0 Å². The molecular weight excluding hydrogens is 308 g/mol. The minimum absolute atomic E-state index is 0.0194. The summed E-state index contributed by atoms with van der Waals surface area (Å²) < 4.78 is 76.4. The average molecular weight is 331 g/mol. The Kier molecular flexibility index (Phi) is 7.03. The smallest absolute Gasteiger partial charge is 0.397 e. The Morgan fingerprint density at radius 1 is 1.14 bits per heavy atom. The van der Waals surface area contributed by atoms with Gasteiger partial charge in [0.15, 0.2) is 0 Å². The molecule has 0 aromatic carbocycles. The van der Waals surface area contributed by atoms with Gasteiger partial charge < -0.3 is 5.73 Å². The van der Waals surface area contributed by atoms with E-state index >= 15 is 0 Å². The molecular formula is C15H23F6N. The molecule has 0 aromatic rings. The Morgan fingerprint density at radius 2 is 1.64 bits per heavy atom. The van der Waals surface area contributed by atoms with Crippen LogP contribution in [0.1, 0.15) is 47.0 Å². The molecule has 7 heteroatoms. The predicted molar refractivity (Wildman–Crippen MR) is 74.9 cm³/mol. The molecule has 130 valence electrons. The fraction of sp³-hybridized carbons (Fsp3) is 0.733. The summed E-state index contributed by atoms with van der Waals surface area (Å²) in [6.45, 7) is 4.95. The Morgan fingerprint density at radius 3 is 1.95 bits per heavy atom. The maximum absolute atomic E-state index is 12.9. The molecule has 0 rings (SSSR count). The van der Waals surface area contributed by atoms with Crippen LogP contribution < -0.4 is 5.73 Å². The SMILES string of the molecule is CCC(C)(/C=C\C/C(CC(C)C(F)(F)F)=C(/C)N)C(F)(F)F. The van der Waals surface area contributed by atoms with E-state index in [1.165, 1.54) is 19.9 Å². The molecule has 0 saturated carbocycles. The van der Waals surface area contributed by atoms with Gasteiger partial charge in [-0.15, -0.1) is 0 Å². The zero-order chi connectivity index (χ0) is 17.8. The van der Waals surface area contributed by atoms with E-state index < -0.39 is 23.7 Å². The lowest BCUT2D eigenvalue weighted by atomic mass is 9.85. The number of alkyl halides is 6. The average Bonchev–Trinajstić information content (AvgIpc) is 2.34. The first-order chi connectivity index (χ1) is 9.74. The van der Waals surface area contributed by atoms with Crippen LogP contribution in [0.2, 0.25) is 0 Å². The summed E-state index contributed by atoms with van der Waals surface area (Å²) >= 11 is 0. The lowest BCUT2D eigenvalue weighted by Gasteiger charge is -2.27. The molecule has 0 bridgehead atoms. The standard InChI is InChI=1S/C15H23F6N/c1-5-13(4,15(19,20)21)8-6-7-12(11(3)22)9-10(2)14(16,17)18/h6,8,10H,5,7,9,22H2,1-4H3/b8-6-,12-11+. The van der Waals surface area contributed by atoms with Crippen molar-refractivity contribution in [1.82, 2.24) is 0 Å². The molecule has 0 radical (unpaired) electrons. The zero-order valence-electron chi connectivity index (χ0n) is 13.2. The van der Waals surface area contributed by atoms with Crippen LogP contribution in [0.4, 0.5) is 26.3 Å². The highest BCUT2D eigenvalue weighted by molar-refractivity contribution is 5.15. The first-order valence-corrected chi connectivity index (χ1v) is 6.99.